The summed E-state index contributed by atoms with van der Waals surface area (Å²) in [6.45, 7) is 11.7. The van der Waals surface area contributed by atoms with Crippen LogP contribution in [0.1, 0.15) is 41.7 Å². The Bertz CT molecular complexity index is 969. The molecule has 0 aliphatic carbocycles. The molecule has 0 unspecified atom stereocenters. The third-order valence-corrected chi connectivity index (χ3v) is 5.44. The number of carbonyl (C=O) groups is 2. The highest BCUT2D eigenvalue weighted by molar-refractivity contribution is 6.00. The van der Waals surface area contributed by atoms with Gasteiger partial charge in [0.1, 0.15) is 17.3 Å². The van der Waals surface area contributed by atoms with Crippen LogP contribution in [-0.2, 0) is 11.2 Å². The minimum atomic E-state index is -0.229. The van der Waals surface area contributed by atoms with Crippen molar-refractivity contribution in [2.75, 3.05) is 17.3 Å². The summed E-state index contributed by atoms with van der Waals surface area (Å²) in [5.74, 6) is 2.01. The van der Waals surface area contributed by atoms with Crippen molar-refractivity contribution in [2.24, 2.45) is 0 Å². The van der Waals surface area contributed by atoms with Gasteiger partial charge < -0.3 is 15.4 Å². The average molecular weight is 396 g/mol. The second-order valence-electron chi connectivity index (χ2n) is 7.80. The number of hydrogen-bond acceptors (Lipinski definition) is 4. The van der Waals surface area contributed by atoms with Gasteiger partial charge in [-0.2, -0.15) is 0 Å². The smallest absolute Gasteiger partial charge is 0.319 e. The molecule has 1 aromatic heterocycles. The number of rotatable bonds is 4. The van der Waals surface area contributed by atoms with Crippen molar-refractivity contribution in [2.45, 2.75) is 54.0 Å². The van der Waals surface area contributed by atoms with Gasteiger partial charge in [0.15, 0.2) is 0 Å². The summed E-state index contributed by atoms with van der Waals surface area (Å²) in [4.78, 5) is 30.2. The summed E-state index contributed by atoms with van der Waals surface area (Å²) in [7, 11) is 1.72. The number of aromatic nitrogens is 1. The lowest BCUT2D eigenvalue weighted by Crippen LogP contribution is -2.34. The Morgan fingerprint density at radius 3 is 2.34 bits per heavy atom. The number of ether oxygens (including phenoxy) is 1. The highest BCUT2D eigenvalue weighted by Crippen LogP contribution is 2.41. The van der Waals surface area contributed by atoms with Crippen molar-refractivity contribution < 1.29 is 14.3 Å². The van der Waals surface area contributed by atoms with E-state index < -0.39 is 0 Å². The van der Waals surface area contributed by atoms with E-state index in [-0.39, 0.29) is 24.4 Å². The molecule has 0 radical (unpaired) electrons. The molecule has 0 fully saturated rings. The molecule has 1 aliphatic rings. The van der Waals surface area contributed by atoms with E-state index in [9.17, 15) is 9.59 Å². The van der Waals surface area contributed by atoms with E-state index in [0.29, 0.717) is 11.6 Å². The Hall–Kier alpha value is -3.09. The number of benzene rings is 1. The van der Waals surface area contributed by atoms with E-state index in [1.807, 2.05) is 41.5 Å². The first-order valence-corrected chi connectivity index (χ1v) is 9.72. The average Bonchev–Trinajstić information content (AvgIpc) is 2.95. The second-order valence-corrected chi connectivity index (χ2v) is 7.80. The third kappa shape index (κ3) is 3.77. The van der Waals surface area contributed by atoms with Gasteiger partial charge in [0, 0.05) is 30.5 Å². The van der Waals surface area contributed by atoms with Crippen LogP contribution >= 0.6 is 0 Å². The fraction of sp³-hybridized carbons (Fsp3) is 0.409. The number of fused-ring (bicyclic) bond motifs is 1. The molecule has 2 heterocycles. The molecule has 2 aromatic rings. The number of likely N-dealkylation sites (N-methyl/N-ethyl adjacent to an activating group) is 1. The minimum Gasteiger partial charge on any atom is -0.456 e. The Balaban J connectivity index is 1.99. The number of nitrogens with one attached hydrogen (secondary N) is 2. The Kier molecular flexibility index (Phi) is 5.50. The maximum atomic E-state index is 12.2. The number of urea groups is 1. The zero-order chi connectivity index (χ0) is 21.5. The fourth-order valence-corrected chi connectivity index (χ4v) is 3.54. The van der Waals surface area contributed by atoms with Crippen LogP contribution in [0.15, 0.2) is 12.3 Å². The topological polar surface area (TPSA) is 83.6 Å². The summed E-state index contributed by atoms with van der Waals surface area (Å²) < 4.78 is 6.32. The van der Waals surface area contributed by atoms with Crippen LogP contribution < -0.4 is 20.3 Å². The van der Waals surface area contributed by atoms with E-state index in [0.717, 1.165) is 39.3 Å². The number of anilines is 2. The summed E-state index contributed by atoms with van der Waals surface area (Å²) in [5.41, 5.74) is 5.36. The van der Waals surface area contributed by atoms with Crippen molar-refractivity contribution >= 4 is 23.4 Å². The molecule has 3 rings (SSSR count). The maximum absolute atomic E-state index is 12.2. The lowest BCUT2D eigenvalue weighted by Gasteiger charge is -2.22. The SMILES string of the molecule is Cc1c(C)c(Oc2ccnc3c2CC(=O)N3C)c(C)c(C)c1NC(=O)NC(C)C. The van der Waals surface area contributed by atoms with Crippen LogP contribution in [0.25, 0.3) is 0 Å². The first-order valence-electron chi connectivity index (χ1n) is 9.72. The normalized spacial score (nSPS) is 13.0. The first-order chi connectivity index (χ1) is 13.6. The molecule has 1 aromatic carbocycles. The molecule has 0 atom stereocenters. The molecule has 154 valence electrons. The molecule has 0 bridgehead atoms. The summed E-state index contributed by atoms with van der Waals surface area (Å²) >= 11 is 0. The molecular weight excluding hydrogens is 368 g/mol. The molecule has 1 aliphatic heterocycles. The predicted molar refractivity (Wildman–Crippen MR) is 114 cm³/mol. The summed E-state index contributed by atoms with van der Waals surface area (Å²) in [5, 5.41) is 5.82. The predicted octanol–water partition coefficient (Wildman–Crippen LogP) is 4.16. The Morgan fingerprint density at radius 1 is 1.14 bits per heavy atom. The van der Waals surface area contributed by atoms with Crippen LogP contribution in [0.2, 0.25) is 0 Å². The van der Waals surface area contributed by atoms with Crippen molar-refractivity contribution in [3.8, 4) is 11.5 Å². The van der Waals surface area contributed by atoms with Crippen molar-refractivity contribution in [3.05, 3.63) is 40.1 Å². The van der Waals surface area contributed by atoms with Crippen molar-refractivity contribution in [3.63, 3.8) is 0 Å². The molecule has 7 nitrogen and oxygen atoms in total. The van der Waals surface area contributed by atoms with Gasteiger partial charge in [-0.3, -0.25) is 9.69 Å². The number of nitrogens with zero attached hydrogens (tertiary/aromatic N) is 2. The number of hydrogen-bond donors (Lipinski definition) is 2. The monoisotopic (exact) mass is 396 g/mol. The van der Waals surface area contributed by atoms with E-state index in [2.05, 4.69) is 15.6 Å². The molecule has 29 heavy (non-hydrogen) atoms. The lowest BCUT2D eigenvalue weighted by atomic mass is 9.97. The number of pyridine rings is 1. The number of amides is 3. The van der Waals surface area contributed by atoms with E-state index in [1.54, 1.807) is 24.2 Å². The molecule has 0 saturated carbocycles. The van der Waals surface area contributed by atoms with Gasteiger partial charge in [-0.05, 0) is 69.9 Å². The van der Waals surface area contributed by atoms with Gasteiger partial charge in [-0.1, -0.05) is 0 Å². The quantitative estimate of drug-likeness (QED) is 0.813. The molecule has 7 heteroatoms. The molecule has 2 N–H and O–H groups in total. The minimum absolute atomic E-state index is 0.0000628. The standard InChI is InChI=1S/C22H28N4O3/c1-11(2)24-22(28)25-19-12(3)14(5)20(15(6)13(19)4)29-17-8-9-23-21-16(17)10-18(27)26(21)7/h8-9,11H,10H2,1-7H3,(H2,24,25,28). The molecule has 0 saturated heterocycles. The van der Waals surface area contributed by atoms with Crippen LogP contribution in [0.3, 0.4) is 0 Å². The Labute approximate surface area is 171 Å². The third-order valence-electron chi connectivity index (χ3n) is 5.44. The van der Waals surface area contributed by atoms with Crippen LogP contribution in [-0.4, -0.2) is 30.0 Å². The lowest BCUT2D eigenvalue weighted by molar-refractivity contribution is -0.117. The van der Waals surface area contributed by atoms with Gasteiger partial charge in [-0.25, -0.2) is 9.78 Å². The van der Waals surface area contributed by atoms with Gasteiger partial charge in [-0.15, -0.1) is 0 Å². The van der Waals surface area contributed by atoms with Crippen LogP contribution in [0.4, 0.5) is 16.3 Å². The van der Waals surface area contributed by atoms with Crippen LogP contribution in [0, 0.1) is 27.7 Å². The van der Waals surface area contributed by atoms with Crippen LogP contribution in [0.5, 0.6) is 11.5 Å². The van der Waals surface area contributed by atoms with E-state index >= 15 is 0 Å². The maximum Gasteiger partial charge on any atom is 0.319 e. The van der Waals surface area contributed by atoms with Crippen molar-refractivity contribution in [1.29, 1.82) is 0 Å². The van der Waals surface area contributed by atoms with Gasteiger partial charge in [0.2, 0.25) is 5.91 Å². The highest BCUT2D eigenvalue weighted by Gasteiger charge is 2.29. The second kappa shape index (κ2) is 7.73. The molecular formula is C22H28N4O3. The largest absolute Gasteiger partial charge is 0.456 e. The summed E-state index contributed by atoms with van der Waals surface area (Å²) in [6, 6.07) is 1.61. The molecule has 3 amide bonds. The summed E-state index contributed by atoms with van der Waals surface area (Å²) in [6.07, 6.45) is 1.93. The fourth-order valence-electron chi connectivity index (χ4n) is 3.54. The molecule has 0 spiro atoms. The van der Waals surface area contributed by atoms with E-state index in [4.69, 9.17) is 4.74 Å². The highest BCUT2D eigenvalue weighted by atomic mass is 16.5. The van der Waals surface area contributed by atoms with Crippen molar-refractivity contribution in [1.82, 2.24) is 10.3 Å². The zero-order valence-corrected chi connectivity index (χ0v) is 18.1. The van der Waals surface area contributed by atoms with Gasteiger partial charge in [0.25, 0.3) is 0 Å². The first kappa shape index (κ1) is 20.6. The van der Waals surface area contributed by atoms with Gasteiger partial charge in [0.05, 0.1) is 6.42 Å². The number of carbonyl (C=O) groups excluding carboxylic acids is 2. The Morgan fingerprint density at radius 2 is 1.76 bits per heavy atom. The van der Waals surface area contributed by atoms with Gasteiger partial charge >= 0.3 is 6.03 Å². The zero-order valence-electron chi connectivity index (χ0n) is 18.1. The van der Waals surface area contributed by atoms with E-state index in [1.165, 1.54) is 0 Å².